The highest BCUT2D eigenvalue weighted by molar-refractivity contribution is 7.99. The molecule has 0 spiro atoms. The standard InChI is InChI=1S/C14H19N3S2/c1-4-18-13-7-5-12(6-8-13)10(2)15-9-14-17-16-11(3)19-14/h5-8,10,15H,4,9H2,1-3H3. The lowest BCUT2D eigenvalue weighted by atomic mass is 10.1. The number of nitrogens with one attached hydrogen (secondary N) is 1. The van der Waals surface area contributed by atoms with Crippen molar-refractivity contribution >= 4 is 23.1 Å². The van der Waals surface area contributed by atoms with Crippen LogP contribution in [0.2, 0.25) is 0 Å². The largest absolute Gasteiger partial charge is 0.304 e. The number of benzene rings is 1. The Bertz CT molecular complexity index is 508. The number of nitrogens with zero attached hydrogens (tertiary/aromatic N) is 2. The molecule has 0 fully saturated rings. The molecule has 2 aromatic rings. The summed E-state index contributed by atoms with van der Waals surface area (Å²) in [5.41, 5.74) is 1.31. The quantitative estimate of drug-likeness (QED) is 0.822. The van der Waals surface area contributed by atoms with Crippen molar-refractivity contribution in [3.8, 4) is 0 Å². The van der Waals surface area contributed by atoms with Crippen molar-refractivity contribution in [2.75, 3.05) is 5.75 Å². The molecule has 5 heteroatoms. The third-order valence-electron chi connectivity index (χ3n) is 2.82. The van der Waals surface area contributed by atoms with Gasteiger partial charge in [0, 0.05) is 10.9 Å². The molecule has 0 saturated heterocycles. The molecule has 1 aromatic heterocycles. The van der Waals surface area contributed by atoms with Crippen LogP contribution in [0.4, 0.5) is 0 Å². The summed E-state index contributed by atoms with van der Waals surface area (Å²) >= 11 is 3.52. The van der Waals surface area contributed by atoms with E-state index in [4.69, 9.17) is 0 Å². The summed E-state index contributed by atoms with van der Waals surface area (Å²) in [7, 11) is 0. The van der Waals surface area contributed by atoms with Gasteiger partial charge in [-0.25, -0.2) is 0 Å². The number of aryl methyl sites for hydroxylation is 1. The van der Waals surface area contributed by atoms with Crippen LogP contribution in [0, 0.1) is 6.92 Å². The van der Waals surface area contributed by atoms with Crippen LogP contribution >= 0.6 is 23.1 Å². The molecule has 0 bridgehead atoms. The van der Waals surface area contributed by atoms with Gasteiger partial charge < -0.3 is 5.32 Å². The van der Waals surface area contributed by atoms with E-state index in [1.807, 2.05) is 18.7 Å². The van der Waals surface area contributed by atoms with Crippen molar-refractivity contribution in [2.45, 2.75) is 38.3 Å². The average molecular weight is 293 g/mol. The van der Waals surface area contributed by atoms with E-state index in [0.717, 1.165) is 22.3 Å². The van der Waals surface area contributed by atoms with Crippen LogP contribution < -0.4 is 5.32 Å². The maximum absolute atomic E-state index is 4.12. The van der Waals surface area contributed by atoms with Gasteiger partial charge in [-0.05, 0) is 37.3 Å². The molecule has 0 aliphatic heterocycles. The molecule has 1 aromatic carbocycles. The van der Waals surface area contributed by atoms with Gasteiger partial charge in [-0.15, -0.1) is 33.3 Å². The van der Waals surface area contributed by atoms with Crippen molar-refractivity contribution in [3.63, 3.8) is 0 Å². The summed E-state index contributed by atoms with van der Waals surface area (Å²) in [6, 6.07) is 9.10. The molecule has 0 saturated carbocycles. The predicted molar refractivity (Wildman–Crippen MR) is 82.7 cm³/mol. The molecule has 1 N–H and O–H groups in total. The lowest BCUT2D eigenvalue weighted by molar-refractivity contribution is 0.570. The maximum Gasteiger partial charge on any atom is 0.131 e. The molecule has 102 valence electrons. The lowest BCUT2D eigenvalue weighted by Gasteiger charge is -2.13. The van der Waals surface area contributed by atoms with Gasteiger partial charge in [0.15, 0.2) is 0 Å². The number of hydrogen-bond acceptors (Lipinski definition) is 5. The van der Waals surface area contributed by atoms with Crippen molar-refractivity contribution in [2.24, 2.45) is 0 Å². The fourth-order valence-electron chi connectivity index (χ4n) is 1.79. The van der Waals surface area contributed by atoms with Crippen LogP contribution in [0.3, 0.4) is 0 Å². The minimum absolute atomic E-state index is 0.324. The summed E-state index contributed by atoms with van der Waals surface area (Å²) < 4.78 is 0. The molecule has 2 rings (SSSR count). The van der Waals surface area contributed by atoms with E-state index < -0.39 is 0 Å². The zero-order valence-corrected chi connectivity index (χ0v) is 13.1. The second-order valence-electron chi connectivity index (χ2n) is 4.32. The van der Waals surface area contributed by atoms with Crippen LogP contribution in [-0.4, -0.2) is 16.0 Å². The normalized spacial score (nSPS) is 12.6. The molecular formula is C14H19N3S2. The fraction of sp³-hybridized carbons (Fsp3) is 0.429. The highest BCUT2D eigenvalue weighted by atomic mass is 32.2. The Kier molecular flexibility index (Phi) is 5.36. The van der Waals surface area contributed by atoms with E-state index >= 15 is 0 Å². The number of thioether (sulfide) groups is 1. The molecule has 0 amide bonds. The number of rotatable bonds is 6. The first-order valence-electron chi connectivity index (χ1n) is 6.44. The van der Waals surface area contributed by atoms with Gasteiger partial charge >= 0.3 is 0 Å². The first-order chi connectivity index (χ1) is 9.19. The SMILES string of the molecule is CCSc1ccc(C(C)NCc2nnc(C)s2)cc1. The zero-order valence-electron chi connectivity index (χ0n) is 11.5. The number of hydrogen-bond donors (Lipinski definition) is 1. The van der Waals surface area contributed by atoms with E-state index in [1.165, 1.54) is 10.5 Å². The Hall–Kier alpha value is -0.910. The molecule has 0 aliphatic carbocycles. The molecule has 0 aliphatic rings. The second-order valence-corrected chi connectivity index (χ2v) is 6.92. The zero-order chi connectivity index (χ0) is 13.7. The van der Waals surface area contributed by atoms with Crippen LogP contribution in [0.5, 0.6) is 0 Å². The monoisotopic (exact) mass is 293 g/mol. The smallest absolute Gasteiger partial charge is 0.131 e. The highest BCUT2D eigenvalue weighted by Gasteiger charge is 2.07. The van der Waals surface area contributed by atoms with Gasteiger partial charge in [0.05, 0.1) is 6.54 Å². The van der Waals surface area contributed by atoms with Gasteiger partial charge in [-0.1, -0.05) is 19.1 Å². The fourth-order valence-corrected chi connectivity index (χ4v) is 3.11. The summed E-state index contributed by atoms with van der Waals surface area (Å²) in [6.45, 7) is 7.11. The molecule has 1 heterocycles. The third kappa shape index (κ3) is 4.30. The Labute approximate surface area is 122 Å². The Balaban J connectivity index is 1.90. The Morgan fingerprint density at radius 3 is 2.58 bits per heavy atom. The number of aromatic nitrogens is 2. The molecular weight excluding hydrogens is 274 g/mol. The predicted octanol–water partition coefficient (Wildman–Crippen LogP) is 3.81. The van der Waals surface area contributed by atoms with E-state index in [2.05, 4.69) is 53.6 Å². The van der Waals surface area contributed by atoms with Gasteiger partial charge in [-0.3, -0.25) is 0 Å². The van der Waals surface area contributed by atoms with Crippen molar-refractivity contribution in [3.05, 3.63) is 39.8 Å². The molecule has 0 radical (unpaired) electrons. The molecule has 3 nitrogen and oxygen atoms in total. The van der Waals surface area contributed by atoms with Crippen molar-refractivity contribution in [1.82, 2.24) is 15.5 Å². The summed E-state index contributed by atoms with van der Waals surface area (Å²) in [4.78, 5) is 1.33. The van der Waals surface area contributed by atoms with Gasteiger partial charge in [0.1, 0.15) is 10.0 Å². The summed E-state index contributed by atoms with van der Waals surface area (Å²) in [5, 5.41) is 13.7. The van der Waals surface area contributed by atoms with E-state index in [9.17, 15) is 0 Å². The van der Waals surface area contributed by atoms with E-state index in [-0.39, 0.29) is 0 Å². The highest BCUT2D eigenvalue weighted by Crippen LogP contribution is 2.21. The van der Waals surface area contributed by atoms with Crippen molar-refractivity contribution in [1.29, 1.82) is 0 Å². The summed E-state index contributed by atoms with van der Waals surface area (Å²) in [5.74, 6) is 1.11. The lowest BCUT2D eigenvalue weighted by Crippen LogP contribution is -2.17. The van der Waals surface area contributed by atoms with Crippen LogP contribution in [-0.2, 0) is 6.54 Å². The first kappa shape index (κ1) is 14.5. The average Bonchev–Trinajstić information content (AvgIpc) is 2.83. The van der Waals surface area contributed by atoms with Gasteiger partial charge in [-0.2, -0.15) is 0 Å². The van der Waals surface area contributed by atoms with E-state index in [1.54, 1.807) is 11.3 Å². The van der Waals surface area contributed by atoms with Crippen LogP contribution in [0.25, 0.3) is 0 Å². The van der Waals surface area contributed by atoms with Crippen LogP contribution in [0.1, 0.15) is 35.5 Å². The van der Waals surface area contributed by atoms with Crippen molar-refractivity contribution < 1.29 is 0 Å². The van der Waals surface area contributed by atoms with E-state index in [0.29, 0.717) is 6.04 Å². The van der Waals surface area contributed by atoms with Crippen LogP contribution in [0.15, 0.2) is 29.2 Å². The maximum atomic E-state index is 4.12. The minimum atomic E-state index is 0.324. The molecule has 1 unspecified atom stereocenters. The Morgan fingerprint density at radius 1 is 1.26 bits per heavy atom. The third-order valence-corrected chi connectivity index (χ3v) is 4.55. The Morgan fingerprint density at radius 2 is 2.00 bits per heavy atom. The summed E-state index contributed by atoms with van der Waals surface area (Å²) in [6.07, 6.45) is 0. The first-order valence-corrected chi connectivity index (χ1v) is 8.24. The topological polar surface area (TPSA) is 37.8 Å². The van der Waals surface area contributed by atoms with Gasteiger partial charge in [0.2, 0.25) is 0 Å². The minimum Gasteiger partial charge on any atom is -0.304 e. The van der Waals surface area contributed by atoms with Gasteiger partial charge in [0.25, 0.3) is 0 Å². The molecule has 1 atom stereocenters. The molecule has 19 heavy (non-hydrogen) atoms. The second kappa shape index (κ2) is 7.03.